The second-order valence-electron chi connectivity index (χ2n) is 5.87. The van der Waals surface area contributed by atoms with Crippen molar-refractivity contribution in [2.45, 2.75) is 31.2 Å². The zero-order chi connectivity index (χ0) is 15.4. The molecular weight excluding hydrogens is 274 g/mol. The van der Waals surface area contributed by atoms with Crippen LogP contribution in [0.2, 0.25) is 0 Å². The van der Waals surface area contributed by atoms with Gasteiger partial charge in [-0.25, -0.2) is 0 Å². The summed E-state index contributed by atoms with van der Waals surface area (Å²) in [5, 5.41) is 3.25. The van der Waals surface area contributed by atoms with Gasteiger partial charge in [0, 0.05) is 0 Å². The Balaban J connectivity index is 1.67. The smallest absolute Gasteiger partial charge is 0.225 e. The minimum atomic E-state index is -0.162. The van der Waals surface area contributed by atoms with Crippen molar-refractivity contribution in [2.24, 2.45) is 0 Å². The van der Waals surface area contributed by atoms with E-state index in [1.165, 1.54) is 5.56 Å². The molecule has 2 aromatic carbocycles. The molecule has 3 nitrogen and oxygen atoms in total. The average molecular weight is 295 g/mol. The molecule has 3 heteroatoms. The van der Waals surface area contributed by atoms with Gasteiger partial charge < -0.3 is 10.1 Å². The zero-order valence-electron chi connectivity index (χ0n) is 12.8. The van der Waals surface area contributed by atoms with E-state index in [1.54, 1.807) is 7.11 Å². The van der Waals surface area contributed by atoms with E-state index in [2.05, 4.69) is 17.4 Å². The van der Waals surface area contributed by atoms with Gasteiger partial charge in [-0.15, -0.1) is 0 Å². The number of benzene rings is 2. The van der Waals surface area contributed by atoms with Crippen molar-refractivity contribution in [3.05, 3.63) is 65.7 Å². The van der Waals surface area contributed by atoms with Crippen molar-refractivity contribution in [2.75, 3.05) is 7.11 Å². The van der Waals surface area contributed by atoms with Crippen LogP contribution in [-0.4, -0.2) is 13.0 Å². The van der Waals surface area contributed by atoms with Crippen LogP contribution in [0.25, 0.3) is 0 Å². The molecule has 0 saturated heterocycles. The first-order valence-corrected chi connectivity index (χ1v) is 7.71. The average Bonchev–Trinajstić information content (AvgIpc) is 2.52. The third-order valence-corrected chi connectivity index (χ3v) is 4.44. The molecule has 1 fully saturated rings. The number of carbonyl (C=O) groups excluding carboxylic acids is 1. The molecule has 1 saturated carbocycles. The van der Waals surface area contributed by atoms with Gasteiger partial charge in [-0.05, 0) is 42.5 Å². The van der Waals surface area contributed by atoms with Gasteiger partial charge in [-0.2, -0.15) is 0 Å². The lowest BCUT2D eigenvalue weighted by atomic mass is 9.71. The van der Waals surface area contributed by atoms with Crippen LogP contribution in [0, 0.1) is 0 Å². The number of nitrogens with one attached hydrogen (secondary N) is 1. The lowest BCUT2D eigenvalue weighted by molar-refractivity contribution is -0.123. The van der Waals surface area contributed by atoms with Gasteiger partial charge in [0.15, 0.2) is 0 Å². The topological polar surface area (TPSA) is 38.3 Å². The van der Waals surface area contributed by atoms with E-state index in [1.807, 2.05) is 42.5 Å². The minimum absolute atomic E-state index is 0.0775. The minimum Gasteiger partial charge on any atom is -0.497 e. The quantitative estimate of drug-likeness (QED) is 0.917. The van der Waals surface area contributed by atoms with Crippen LogP contribution < -0.4 is 10.1 Å². The first-order chi connectivity index (χ1) is 10.7. The Hall–Kier alpha value is -2.29. The number of rotatable bonds is 5. The number of hydrogen-bond donors (Lipinski definition) is 1. The molecule has 1 N–H and O–H groups in total. The standard InChI is InChI=1S/C19H21NO2/c1-22-17-10-8-15(9-11-17)14-18(21)20-19(12-5-13-19)16-6-3-2-4-7-16/h2-4,6-11H,5,12-14H2,1H3,(H,20,21). The fourth-order valence-electron chi connectivity index (χ4n) is 3.01. The van der Waals surface area contributed by atoms with E-state index in [0.29, 0.717) is 6.42 Å². The van der Waals surface area contributed by atoms with Gasteiger partial charge in [0.2, 0.25) is 5.91 Å². The Labute approximate surface area is 131 Å². The summed E-state index contributed by atoms with van der Waals surface area (Å²) >= 11 is 0. The lowest BCUT2D eigenvalue weighted by Crippen LogP contribution is -2.51. The summed E-state index contributed by atoms with van der Waals surface area (Å²) < 4.78 is 5.14. The molecule has 0 unspecified atom stereocenters. The van der Waals surface area contributed by atoms with Crippen molar-refractivity contribution in [1.29, 1.82) is 0 Å². The Morgan fingerprint density at radius 1 is 1.09 bits per heavy atom. The molecule has 2 aromatic rings. The second kappa shape index (κ2) is 6.22. The van der Waals surface area contributed by atoms with Crippen molar-refractivity contribution >= 4 is 5.91 Å². The number of amides is 1. The van der Waals surface area contributed by atoms with E-state index < -0.39 is 0 Å². The highest BCUT2D eigenvalue weighted by molar-refractivity contribution is 5.79. The highest BCUT2D eigenvalue weighted by Crippen LogP contribution is 2.41. The van der Waals surface area contributed by atoms with Crippen LogP contribution in [0.15, 0.2) is 54.6 Å². The Morgan fingerprint density at radius 3 is 2.32 bits per heavy atom. The van der Waals surface area contributed by atoms with E-state index in [9.17, 15) is 4.79 Å². The van der Waals surface area contributed by atoms with Gasteiger partial charge in [0.25, 0.3) is 0 Å². The molecule has 0 atom stereocenters. The first kappa shape index (κ1) is 14.6. The molecule has 114 valence electrons. The first-order valence-electron chi connectivity index (χ1n) is 7.71. The van der Waals surface area contributed by atoms with E-state index in [0.717, 1.165) is 30.6 Å². The molecule has 1 aliphatic rings. The van der Waals surface area contributed by atoms with Gasteiger partial charge in [-0.3, -0.25) is 4.79 Å². The normalized spacial score (nSPS) is 15.7. The summed E-state index contributed by atoms with van der Waals surface area (Å²) in [6.45, 7) is 0. The monoisotopic (exact) mass is 295 g/mol. The molecule has 0 aliphatic heterocycles. The highest BCUT2D eigenvalue weighted by Gasteiger charge is 2.39. The van der Waals surface area contributed by atoms with E-state index >= 15 is 0 Å². The molecule has 0 radical (unpaired) electrons. The van der Waals surface area contributed by atoms with Gasteiger partial charge in [0.05, 0.1) is 19.1 Å². The SMILES string of the molecule is COc1ccc(CC(=O)NC2(c3ccccc3)CCC2)cc1. The van der Waals surface area contributed by atoms with E-state index in [-0.39, 0.29) is 11.4 Å². The molecule has 1 amide bonds. The predicted molar refractivity (Wildman–Crippen MR) is 86.8 cm³/mol. The summed E-state index contributed by atoms with van der Waals surface area (Å²) in [4.78, 5) is 12.4. The summed E-state index contributed by atoms with van der Waals surface area (Å²) in [7, 11) is 1.64. The van der Waals surface area contributed by atoms with Gasteiger partial charge in [0.1, 0.15) is 5.75 Å². The van der Waals surface area contributed by atoms with Gasteiger partial charge >= 0.3 is 0 Å². The molecule has 0 spiro atoms. The van der Waals surface area contributed by atoms with Crippen LogP contribution in [0.3, 0.4) is 0 Å². The molecule has 1 aliphatic carbocycles. The summed E-state index contributed by atoms with van der Waals surface area (Å²) in [6, 6.07) is 17.9. The third-order valence-electron chi connectivity index (χ3n) is 4.44. The summed E-state index contributed by atoms with van der Waals surface area (Å²) in [5.74, 6) is 0.887. The van der Waals surface area contributed by atoms with Crippen molar-refractivity contribution in [3.8, 4) is 5.75 Å². The highest BCUT2D eigenvalue weighted by atomic mass is 16.5. The fourth-order valence-corrected chi connectivity index (χ4v) is 3.01. The van der Waals surface area contributed by atoms with Crippen LogP contribution in [0.1, 0.15) is 30.4 Å². The number of ether oxygens (including phenoxy) is 1. The third kappa shape index (κ3) is 2.98. The number of hydrogen-bond acceptors (Lipinski definition) is 2. The molecule has 0 bridgehead atoms. The van der Waals surface area contributed by atoms with Crippen LogP contribution in [0.4, 0.5) is 0 Å². The predicted octanol–water partition coefficient (Wildman–Crippen LogP) is 3.43. The zero-order valence-corrected chi connectivity index (χ0v) is 12.8. The van der Waals surface area contributed by atoms with Gasteiger partial charge in [-0.1, -0.05) is 42.5 Å². The maximum absolute atomic E-state index is 12.4. The van der Waals surface area contributed by atoms with Crippen LogP contribution >= 0.6 is 0 Å². The largest absolute Gasteiger partial charge is 0.497 e. The van der Waals surface area contributed by atoms with Crippen molar-refractivity contribution in [1.82, 2.24) is 5.32 Å². The van der Waals surface area contributed by atoms with E-state index in [4.69, 9.17) is 4.74 Å². The Morgan fingerprint density at radius 2 is 1.77 bits per heavy atom. The maximum atomic E-state index is 12.4. The van der Waals surface area contributed by atoms with Crippen molar-refractivity contribution in [3.63, 3.8) is 0 Å². The fraction of sp³-hybridized carbons (Fsp3) is 0.316. The van der Waals surface area contributed by atoms with Crippen molar-refractivity contribution < 1.29 is 9.53 Å². The Kier molecular flexibility index (Phi) is 4.14. The second-order valence-corrected chi connectivity index (χ2v) is 5.87. The number of methoxy groups -OCH3 is 1. The van der Waals surface area contributed by atoms with Crippen LogP contribution in [0.5, 0.6) is 5.75 Å². The molecule has 0 heterocycles. The van der Waals surface area contributed by atoms with Crippen LogP contribution in [-0.2, 0) is 16.8 Å². The molecule has 22 heavy (non-hydrogen) atoms. The maximum Gasteiger partial charge on any atom is 0.225 e. The number of carbonyl (C=O) groups is 1. The molecule has 0 aromatic heterocycles. The Bertz CT molecular complexity index is 630. The summed E-state index contributed by atoms with van der Waals surface area (Å²) in [5.41, 5.74) is 2.05. The lowest BCUT2D eigenvalue weighted by Gasteiger charge is -2.43. The molecular formula is C19H21NO2. The molecule has 3 rings (SSSR count). The summed E-state index contributed by atoms with van der Waals surface area (Å²) in [6.07, 6.45) is 3.60.